The third kappa shape index (κ3) is 18.3. The third-order valence-corrected chi connectivity index (χ3v) is 10.9. The SMILES string of the molecule is CC(=O)N1CCC[C@H]1C(=O)N[C@@H](CC(C)C)C(=O)N[C@@H](Cc1cncn1CCCCCCO/N=C/C(C)=C/c1ccccc1)C(=O)N[C@@H](CO)C(=O)N[C@H](C(N)=O)[C@@H](C)OP(=O)(O)O. The number of imidazole rings is 1. The van der Waals surface area contributed by atoms with Gasteiger partial charge in [-0.3, -0.25) is 33.3 Å². The van der Waals surface area contributed by atoms with Crippen LogP contribution in [0.5, 0.6) is 0 Å². The molecule has 6 atom stereocenters. The molecule has 0 aliphatic carbocycles. The van der Waals surface area contributed by atoms with Gasteiger partial charge in [-0.05, 0) is 69.4 Å². The number of nitrogens with one attached hydrogen (secondary N) is 4. The van der Waals surface area contributed by atoms with E-state index in [1.54, 1.807) is 12.5 Å². The van der Waals surface area contributed by atoms with Crippen molar-refractivity contribution in [1.82, 2.24) is 35.7 Å². The second-order valence-electron chi connectivity index (χ2n) is 16.1. The highest BCUT2D eigenvalue weighted by molar-refractivity contribution is 7.46. The molecule has 1 fully saturated rings. The third-order valence-electron chi connectivity index (χ3n) is 10.2. The monoisotopic (exact) mass is 917 g/mol. The zero-order valence-electron chi connectivity index (χ0n) is 37.1. The zero-order valence-corrected chi connectivity index (χ0v) is 37.9. The lowest BCUT2D eigenvalue weighted by molar-refractivity contribution is -0.139. The molecule has 6 amide bonds. The first-order chi connectivity index (χ1) is 30.3. The van der Waals surface area contributed by atoms with Crippen LogP contribution in [0.4, 0.5) is 0 Å². The van der Waals surface area contributed by atoms with Crippen molar-refractivity contribution in [3.05, 3.63) is 59.7 Å². The Hall–Kier alpha value is -5.47. The van der Waals surface area contributed by atoms with Crippen molar-refractivity contribution in [3.8, 4) is 0 Å². The highest BCUT2D eigenvalue weighted by atomic mass is 31.2. The summed E-state index contributed by atoms with van der Waals surface area (Å²) < 4.78 is 17.7. The maximum absolute atomic E-state index is 14.0. The number of aromatic nitrogens is 2. The second kappa shape index (κ2) is 26.3. The zero-order chi connectivity index (χ0) is 47.4. The number of hydrogen-bond donors (Lipinski definition) is 8. The van der Waals surface area contributed by atoms with Gasteiger partial charge in [-0.25, -0.2) is 9.55 Å². The molecule has 1 aromatic heterocycles. The Morgan fingerprint density at radius 3 is 2.23 bits per heavy atom. The van der Waals surface area contributed by atoms with Gasteiger partial charge in [0.05, 0.1) is 25.3 Å². The fourth-order valence-electron chi connectivity index (χ4n) is 7.04. The molecule has 0 saturated carbocycles. The molecule has 21 nitrogen and oxygen atoms in total. The molecular formula is C42H64N9O12P. The van der Waals surface area contributed by atoms with Crippen LogP contribution in [-0.2, 0) is 55.7 Å². The Morgan fingerprint density at radius 2 is 1.59 bits per heavy atom. The van der Waals surface area contributed by atoms with Crippen molar-refractivity contribution in [1.29, 1.82) is 0 Å². The largest absolute Gasteiger partial charge is 0.469 e. The lowest BCUT2D eigenvalue weighted by Crippen LogP contribution is -2.61. The average molecular weight is 918 g/mol. The topological polar surface area (TPSA) is 306 Å². The van der Waals surface area contributed by atoms with Crippen LogP contribution < -0.4 is 27.0 Å². The molecule has 2 heterocycles. The molecule has 0 radical (unpaired) electrons. The van der Waals surface area contributed by atoms with Gasteiger partial charge in [0, 0.05) is 38.3 Å². The Kier molecular flexibility index (Phi) is 21.8. The first-order valence-electron chi connectivity index (χ1n) is 21.3. The molecule has 0 unspecified atom stereocenters. The number of amides is 6. The van der Waals surface area contributed by atoms with Gasteiger partial charge in [-0.1, -0.05) is 61.8 Å². The molecule has 0 spiro atoms. The van der Waals surface area contributed by atoms with Gasteiger partial charge in [0.25, 0.3) is 0 Å². The number of allylic oxidation sites excluding steroid dienone is 1. The van der Waals surface area contributed by atoms with E-state index in [9.17, 15) is 48.2 Å². The van der Waals surface area contributed by atoms with Crippen LogP contribution in [0, 0.1) is 5.92 Å². The normalized spacial score (nSPS) is 16.7. The molecule has 22 heteroatoms. The number of nitrogens with zero attached hydrogens (tertiary/aromatic N) is 4. The molecule has 9 N–H and O–H groups in total. The van der Waals surface area contributed by atoms with Crippen molar-refractivity contribution >= 4 is 55.6 Å². The first-order valence-corrected chi connectivity index (χ1v) is 22.8. The summed E-state index contributed by atoms with van der Waals surface area (Å²) in [5, 5.41) is 24.2. The van der Waals surface area contributed by atoms with Gasteiger partial charge in [-0.15, -0.1) is 0 Å². The summed E-state index contributed by atoms with van der Waals surface area (Å²) in [7, 11) is -5.12. The minimum absolute atomic E-state index is 0.0968. The van der Waals surface area contributed by atoms with E-state index in [4.69, 9.17) is 10.6 Å². The van der Waals surface area contributed by atoms with Gasteiger partial charge in [0.2, 0.25) is 35.4 Å². The van der Waals surface area contributed by atoms with Gasteiger partial charge < -0.3 is 56.2 Å². The number of aliphatic hydroxyl groups is 1. The van der Waals surface area contributed by atoms with E-state index >= 15 is 0 Å². The Labute approximate surface area is 373 Å². The fourth-order valence-corrected chi connectivity index (χ4v) is 7.59. The lowest BCUT2D eigenvalue weighted by atomic mass is 10.0. The van der Waals surface area contributed by atoms with Crippen LogP contribution in [0.1, 0.15) is 90.8 Å². The molecule has 1 aliphatic rings. The minimum atomic E-state index is -5.12. The molecular weight excluding hydrogens is 853 g/mol. The molecule has 1 aliphatic heterocycles. The van der Waals surface area contributed by atoms with Crippen molar-refractivity contribution in [2.24, 2.45) is 16.8 Å². The molecule has 0 bridgehead atoms. The van der Waals surface area contributed by atoms with E-state index in [1.165, 1.54) is 18.0 Å². The summed E-state index contributed by atoms with van der Waals surface area (Å²) in [6.45, 7) is 8.40. The van der Waals surface area contributed by atoms with Crippen LogP contribution in [0.25, 0.3) is 6.08 Å². The molecule has 64 heavy (non-hydrogen) atoms. The predicted molar refractivity (Wildman–Crippen MR) is 235 cm³/mol. The Bertz CT molecular complexity index is 1970. The number of likely N-dealkylation sites (tertiary alicyclic amines) is 1. The van der Waals surface area contributed by atoms with Gasteiger partial charge >= 0.3 is 7.82 Å². The Balaban J connectivity index is 1.73. The van der Waals surface area contributed by atoms with Crippen molar-refractivity contribution in [3.63, 3.8) is 0 Å². The number of aryl methyl sites for hydroxylation is 1. The lowest BCUT2D eigenvalue weighted by Gasteiger charge is -2.28. The average Bonchev–Trinajstić information content (AvgIpc) is 3.90. The van der Waals surface area contributed by atoms with Gasteiger partial charge in [-0.2, -0.15) is 0 Å². The van der Waals surface area contributed by atoms with Crippen molar-refractivity contribution in [2.45, 2.75) is 129 Å². The number of aliphatic hydroxyl groups excluding tert-OH is 1. The van der Waals surface area contributed by atoms with Crippen molar-refractivity contribution in [2.75, 3.05) is 19.8 Å². The van der Waals surface area contributed by atoms with E-state index in [0.29, 0.717) is 38.2 Å². The number of rotatable bonds is 27. The molecule has 354 valence electrons. The van der Waals surface area contributed by atoms with Crippen molar-refractivity contribution < 1.29 is 57.6 Å². The highest BCUT2D eigenvalue weighted by Gasteiger charge is 2.37. The highest BCUT2D eigenvalue weighted by Crippen LogP contribution is 2.38. The summed E-state index contributed by atoms with van der Waals surface area (Å²) >= 11 is 0. The number of oxime groups is 1. The second-order valence-corrected chi connectivity index (χ2v) is 17.3. The maximum atomic E-state index is 14.0. The molecule has 2 aromatic rings. The summed E-state index contributed by atoms with van der Waals surface area (Å²) in [5.41, 5.74) is 7.90. The number of phosphoric acid groups is 1. The molecule has 1 saturated heterocycles. The van der Waals surface area contributed by atoms with Crippen LogP contribution in [0.15, 0.2) is 53.6 Å². The van der Waals surface area contributed by atoms with Crippen LogP contribution >= 0.6 is 7.82 Å². The van der Waals surface area contributed by atoms with Crippen LogP contribution in [0.2, 0.25) is 0 Å². The number of benzene rings is 1. The van der Waals surface area contributed by atoms with Crippen LogP contribution in [-0.4, -0.2) is 127 Å². The number of phosphoric ester groups is 1. The van der Waals surface area contributed by atoms with Gasteiger partial charge in [0.1, 0.15) is 36.8 Å². The summed E-state index contributed by atoms with van der Waals surface area (Å²) in [6, 6.07) is 3.03. The number of hydrogen-bond acceptors (Lipinski definition) is 12. The van der Waals surface area contributed by atoms with E-state index < -0.39 is 80.3 Å². The number of carbonyl (C=O) groups excluding carboxylic acids is 6. The van der Waals surface area contributed by atoms with Crippen LogP contribution in [0.3, 0.4) is 0 Å². The Morgan fingerprint density at radius 1 is 0.938 bits per heavy atom. The molecule has 3 rings (SSSR count). The smallest absolute Gasteiger partial charge is 0.396 e. The quantitative estimate of drug-likeness (QED) is 0.0270. The number of carbonyl (C=O) groups is 6. The first kappa shape index (κ1) is 52.9. The summed E-state index contributed by atoms with van der Waals surface area (Å²) in [4.78, 5) is 109. The summed E-state index contributed by atoms with van der Waals surface area (Å²) in [5.74, 6) is -4.93. The van der Waals surface area contributed by atoms with Gasteiger partial charge in [0.15, 0.2) is 0 Å². The molecule has 1 aromatic carbocycles. The minimum Gasteiger partial charge on any atom is -0.396 e. The number of unbranched alkanes of at least 4 members (excludes halogenated alkanes) is 3. The maximum Gasteiger partial charge on any atom is 0.469 e. The number of primary amides is 1. The van der Waals surface area contributed by atoms with E-state index in [1.807, 2.05) is 61.7 Å². The fraction of sp³-hybridized carbons (Fsp3) is 0.571. The standard InChI is InChI=1S/C42H64N9O12P/c1-27(2)20-33(47-42(58)36-16-13-18-51(36)30(5)53)39(55)46-34(40(56)48-35(25-52)41(57)49-37(38(43)54)29(4)63-64(59,60)61)22-32-24-44-26-50(32)17-11-6-7-12-19-62-45-23-28(3)21-31-14-9-8-10-15-31/h8-10,14-15,21,23-24,26-27,29,33-37,52H,6-7,11-13,16-20,22,25H2,1-5H3,(H2,43,54)(H,46,55)(H,47,58)(H,48,56)(H,49,57)(H2,59,60,61)/b28-21+,45-23+/t29-,33+,34+,35+,36+,37+/m1/s1. The number of nitrogens with two attached hydrogens (primary N) is 1. The van der Waals surface area contributed by atoms with E-state index in [2.05, 4.69) is 35.9 Å². The van der Waals surface area contributed by atoms with E-state index in [0.717, 1.165) is 43.7 Å². The van der Waals surface area contributed by atoms with E-state index in [-0.39, 0.29) is 24.7 Å². The summed E-state index contributed by atoms with van der Waals surface area (Å²) in [6.07, 6.45) is 9.36. The predicted octanol–water partition coefficient (Wildman–Crippen LogP) is 1.06.